The van der Waals surface area contributed by atoms with E-state index in [1.165, 1.54) is 38.2 Å². The van der Waals surface area contributed by atoms with Gasteiger partial charge in [-0.2, -0.15) is 0 Å². The van der Waals surface area contributed by atoms with Crippen LogP contribution in [0.25, 0.3) is 44.1 Å². The molecular weight excluding hydrogens is 1060 g/mol. The van der Waals surface area contributed by atoms with Gasteiger partial charge in [0.2, 0.25) is 5.91 Å². The van der Waals surface area contributed by atoms with Gasteiger partial charge < -0.3 is 39.3 Å². The number of aromatic nitrogens is 4. The molecule has 0 bridgehead atoms. The van der Waals surface area contributed by atoms with Crippen molar-refractivity contribution in [3.8, 4) is 45.3 Å². The molecule has 4 atom stereocenters. The van der Waals surface area contributed by atoms with Gasteiger partial charge in [-0.05, 0) is 102 Å². The number of ether oxygens (including phenoxy) is 6. The van der Waals surface area contributed by atoms with E-state index >= 15 is 0 Å². The Kier molecular flexibility index (Phi) is 17.5. The van der Waals surface area contributed by atoms with Crippen molar-refractivity contribution in [3.05, 3.63) is 92.7 Å². The third-order valence-electron chi connectivity index (χ3n) is 12.6. The summed E-state index contributed by atoms with van der Waals surface area (Å²) in [7, 11) is 6.08. The second kappa shape index (κ2) is 23.3. The molecule has 2 aromatic heterocycles. The third-order valence-corrected chi connectivity index (χ3v) is 14.1. The molecule has 404 valence electrons. The number of halogens is 4. The minimum absolute atomic E-state index is 0.0430. The van der Waals surface area contributed by atoms with Gasteiger partial charge in [0.25, 0.3) is 0 Å². The molecule has 2 aliphatic heterocycles. The number of fused-ring (bicyclic) bond motifs is 2. The number of nitrogens with two attached hydrogens (primary N) is 1. The zero-order valence-electron chi connectivity index (χ0n) is 43.6. The average Bonchev–Trinajstić information content (AvgIpc) is 3.99. The van der Waals surface area contributed by atoms with Crippen LogP contribution in [-0.2, 0) is 31.9 Å². The number of hydrogen-bond donors (Lipinski definition) is 2. The molecule has 0 spiro atoms. The first kappa shape index (κ1) is 57.1. The van der Waals surface area contributed by atoms with Gasteiger partial charge in [-0.3, -0.25) is 14.6 Å². The van der Waals surface area contributed by atoms with Gasteiger partial charge in [-0.15, -0.1) is 0 Å². The lowest BCUT2D eigenvalue weighted by molar-refractivity contribution is -0.142. The van der Waals surface area contributed by atoms with Gasteiger partial charge in [-0.25, -0.2) is 34.3 Å². The highest BCUT2D eigenvalue weighted by atomic mass is 35.5. The first-order chi connectivity index (χ1) is 35.8. The maximum atomic E-state index is 12.7. The first-order valence-electron chi connectivity index (χ1n) is 24.1. The van der Waals surface area contributed by atoms with E-state index < -0.39 is 47.3 Å². The average molecular weight is 1120 g/mol. The molecule has 18 nitrogen and oxygen atoms in total. The molecule has 76 heavy (non-hydrogen) atoms. The zero-order chi connectivity index (χ0) is 55.6. The molecule has 2 aliphatic rings. The number of likely N-dealkylation sites (tertiary alicyclic amines) is 2. The van der Waals surface area contributed by atoms with E-state index in [1.807, 2.05) is 36.4 Å². The highest BCUT2D eigenvalue weighted by molar-refractivity contribution is 6.42. The van der Waals surface area contributed by atoms with Crippen molar-refractivity contribution in [3.63, 3.8) is 0 Å². The van der Waals surface area contributed by atoms with Gasteiger partial charge >= 0.3 is 18.2 Å². The molecule has 22 heteroatoms. The van der Waals surface area contributed by atoms with Gasteiger partial charge in [0.1, 0.15) is 57.9 Å². The Morgan fingerprint density at radius 1 is 0.592 bits per heavy atom. The largest absolute Gasteiger partial charge is 0.495 e. The van der Waals surface area contributed by atoms with Crippen LogP contribution in [-0.4, -0.2) is 124 Å². The Morgan fingerprint density at radius 2 is 0.947 bits per heavy atom. The van der Waals surface area contributed by atoms with E-state index in [-0.39, 0.29) is 18.4 Å². The molecule has 3 amide bonds. The Bertz CT molecular complexity index is 2940. The number of carboxylic acid groups (broad SMARTS) is 1. The number of hydrogen-bond acceptors (Lipinski definition) is 14. The Balaban J connectivity index is 0.000000221. The molecule has 0 saturated carbocycles. The smallest absolute Gasteiger partial charge is 0.411 e. The van der Waals surface area contributed by atoms with E-state index in [9.17, 15) is 24.3 Å². The second-order valence-corrected chi connectivity index (χ2v) is 21.8. The van der Waals surface area contributed by atoms with Crippen LogP contribution in [0.5, 0.6) is 23.0 Å². The maximum absolute atomic E-state index is 12.7. The first-order valence-corrected chi connectivity index (χ1v) is 25.6. The number of methoxy groups -OCH3 is 4. The lowest BCUT2D eigenvalue weighted by Gasteiger charge is -2.27. The summed E-state index contributed by atoms with van der Waals surface area (Å²) in [4.78, 5) is 70.2. The zero-order valence-corrected chi connectivity index (χ0v) is 46.7. The number of amides is 3. The van der Waals surface area contributed by atoms with Crippen molar-refractivity contribution in [2.45, 2.75) is 90.5 Å². The molecule has 4 heterocycles. The van der Waals surface area contributed by atoms with Crippen LogP contribution in [0.3, 0.4) is 0 Å². The number of rotatable bonds is 12. The van der Waals surface area contributed by atoms with Crippen molar-refractivity contribution in [2.75, 3.05) is 41.5 Å². The van der Waals surface area contributed by atoms with E-state index in [4.69, 9.17) is 85.5 Å². The van der Waals surface area contributed by atoms with Crippen LogP contribution in [0.15, 0.2) is 60.9 Å². The fraction of sp³-hybridized carbons (Fsp3) is 0.407. The van der Waals surface area contributed by atoms with Crippen molar-refractivity contribution >= 4 is 92.3 Å². The summed E-state index contributed by atoms with van der Waals surface area (Å²) in [5.74, 6) is 1.14. The van der Waals surface area contributed by atoms with Crippen LogP contribution in [0, 0.1) is 11.8 Å². The fourth-order valence-electron chi connectivity index (χ4n) is 9.14. The van der Waals surface area contributed by atoms with Gasteiger partial charge in [0.05, 0.1) is 59.6 Å². The standard InChI is InChI=1S/C27H30Cl2N4O5.C27H29Cl2N3O6/c1-27(2,3)38-26(35)33-13-14(8-18(33)25(30)34)9-21-31-12-16-10-15(6-7-17(16)32-21)22-23(28)19(36-4)11-20(37-5)24(22)29;1-27(2,3)38-26(35)32-13-14(8-18(32)25(33)34)9-21-30-12-16-10-15(6-7-17(16)31-21)22-23(28)19(36-4)11-20(37-5)24(22)29/h6-7,10-12,14,18H,8-9,13H2,1-5H3,(H2,30,34);6-7,10-12,14,18H,8-9,13H2,1-5H3,(H,33,34)/t2*14-,18+/m11/s1. The molecular formula is C54H59Cl4N7O11. The molecule has 4 aromatic carbocycles. The number of aliphatic carboxylic acids is 1. The summed E-state index contributed by atoms with van der Waals surface area (Å²) in [6.07, 6.45) is 3.86. The molecule has 2 fully saturated rings. The normalized spacial score (nSPS) is 17.5. The van der Waals surface area contributed by atoms with Crippen LogP contribution >= 0.6 is 46.4 Å². The predicted molar refractivity (Wildman–Crippen MR) is 290 cm³/mol. The molecule has 0 radical (unpaired) electrons. The van der Waals surface area contributed by atoms with Gasteiger partial charge in [0, 0.05) is 72.4 Å². The minimum Gasteiger partial charge on any atom is -0.495 e. The topological polar surface area (TPSA) is 228 Å². The summed E-state index contributed by atoms with van der Waals surface area (Å²) in [5.41, 5.74) is 8.28. The van der Waals surface area contributed by atoms with E-state index in [1.54, 1.807) is 66.1 Å². The fourth-order valence-corrected chi connectivity index (χ4v) is 10.6. The summed E-state index contributed by atoms with van der Waals surface area (Å²) < 4.78 is 32.4. The Labute approximate surface area is 460 Å². The molecule has 0 aliphatic carbocycles. The number of carbonyl (C=O) groups excluding carboxylic acids is 3. The number of nitrogens with zero attached hydrogens (tertiary/aromatic N) is 6. The van der Waals surface area contributed by atoms with Crippen molar-refractivity contribution in [1.82, 2.24) is 29.7 Å². The number of carbonyl (C=O) groups is 4. The Hall–Kier alpha value is -6.60. The van der Waals surface area contributed by atoms with Crippen molar-refractivity contribution in [2.24, 2.45) is 17.6 Å². The van der Waals surface area contributed by atoms with E-state index in [0.29, 0.717) is 104 Å². The van der Waals surface area contributed by atoms with E-state index in [2.05, 4.69) is 15.0 Å². The predicted octanol–water partition coefficient (Wildman–Crippen LogP) is 11.1. The second-order valence-electron chi connectivity index (χ2n) is 20.3. The molecule has 0 unspecified atom stereocenters. The van der Waals surface area contributed by atoms with Gasteiger partial charge in [-0.1, -0.05) is 58.5 Å². The Morgan fingerprint density at radius 3 is 1.28 bits per heavy atom. The summed E-state index contributed by atoms with van der Waals surface area (Å²) >= 11 is 26.3. The van der Waals surface area contributed by atoms with Crippen LogP contribution in [0.1, 0.15) is 66.0 Å². The number of carboxylic acids is 1. The monoisotopic (exact) mass is 1120 g/mol. The van der Waals surface area contributed by atoms with Crippen LogP contribution < -0.4 is 24.7 Å². The third kappa shape index (κ3) is 13.0. The van der Waals surface area contributed by atoms with Crippen molar-refractivity contribution < 1.29 is 52.7 Å². The SMILES string of the molecule is COc1cc(OC)c(Cl)c(-c2ccc3nc(C[C@H]4C[C@@H](C(=O)O)N(C(=O)OC(C)(C)C)C4)ncc3c2)c1Cl.COc1cc(OC)c(Cl)c(-c2ccc3nc(C[C@H]4C[C@@H](C(N)=O)N(C(=O)OC(C)(C)C)C4)ncc3c2)c1Cl. The lowest BCUT2D eigenvalue weighted by Crippen LogP contribution is -2.45. The quantitative estimate of drug-likeness (QED) is 0.116. The lowest BCUT2D eigenvalue weighted by atomic mass is 10.0. The molecule has 8 rings (SSSR count). The molecule has 2 saturated heterocycles. The highest BCUT2D eigenvalue weighted by Crippen LogP contribution is 2.48. The van der Waals surface area contributed by atoms with Gasteiger partial charge in [0.15, 0.2) is 0 Å². The number of benzene rings is 4. The molecule has 3 N–H and O–H groups in total. The van der Waals surface area contributed by atoms with Crippen molar-refractivity contribution in [1.29, 1.82) is 0 Å². The van der Waals surface area contributed by atoms with Crippen LogP contribution in [0.2, 0.25) is 20.1 Å². The summed E-state index contributed by atoms with van der Waals surface area (Å²) in [5, 5.41) is 12.7. The highest BCUT2D eigenvalue weighted by Gasteiger charge is 2.43. The maximum Gasteiger partial charge on any atom is 0.411 e. The molecule has 6 aromatic rings. The number of primary amides is 1. The summed E-state index contributed by atoms with van der Waals surface area (Å²) in [6.45, 7) is 11.1. The minimum atomic E-state index is -1.06. The van der Waals surface area contributed by atoms with E-state index in [0.717, 1.165) is 27.4 Å². The summed E-state index contributed by atoms with van der Waals surface area (Å²) in [6, 6.07) is 12.8. The van der Waals surface area contributed by atoms with Crippen LogP contribution in [0.4, 0.5) is 9.59 Å².